The third-order valence-electron chi connectivity index (χ3n) is 3.23. The molecule has 0 fully saturated rings. The first-order valence-corrected chi connectivity index (χ1v) is 7.52. The number of nitrogens with two attached hydrogens (primary N) is 2. The standard InChI is InChI=1S/C14H34N4/c1-13(5-10-17-8-3-6-15)11-14(2)12-18-9-4-7-16/h13-14,17-18H,3-12,15-16H2,1-2H3. The summed E-state index contributed by atoms with van der Waals surface area (Å²) in [5.41, 5.74) is 10.9. The zero-order chi connectivity index (χ0) is 13.6. The van der Waals surface area contributed by atoms with Gasteiger partial charge in [-0.05, 0) is 76.8 Å². The molecular formula is C14H34N4. The topological polar surface area (TPSA) is 76.1 Å². The summed E-state index contributed by atoms with van der Waals surface area (Å²) < 4.78 is 0. The maximum Gasteiger partial charge on any atom is -0.00230 e. The lowest BCUT2D eigenvalue weighted by Gasteiger charge is -2.18. The molecule has 0 amide bonds. The van der Waals surface area contributed by atoms with Crippen LogP contribution in [-0.2, 0) is 0 Å². The SMILES string of the molecule is CC(CCNCCCN)CC(C)CNCCCN. The van der Waals surface area contributed by atoms with Gasteiger partial charge in [-0.1, -0.05) is 13.8 Å². The van der Waals surface area contributed by atoms with Gasteiger partial charge in [0, 0.05) is 0 Å². The molecule has 0 saturated heterocycles. The molecule has 0 aromatic rings. The van der Waals surface area contributed by atoms with Crippen molar-refractivity contribution in [2.45, 2.75) is 39.5 Å². The van der Waals surface area contributed by atoms with Gasteiger partial charge in [-0.3, -0.25) is 0 Å². The van der Waals surface area contributed by atoms with Gasteiger partial charge in [-0.25, -0.2) is 0 Å². The lowest BCUT2D eigenvalue weighted by Crippen LogP contribution is -2.26. The van der Waals surface area contributed by atoms with Crippen molar-refractivity contribution in [1.82, 2.24) is 10.6 Å². The van der Waals surface area contributed by atoms with E-state index in [-0.39, 0.29) is 0 Å². The van der Waals surface area contributed by atoms with Gasteiger partial charge in [0.05, 0.1) is 0 Å². The normalized spacial score (nSPS) is 14.7. The molecular weight excluding hydrogens is 224 g/mol. The Morgan fingerprint density at radius 1 is 0.833 bits per heavy atom. The van der Waals surface area contributed by atoms with E-state index in [2.05, 4.69) is 24.5 Å². The van der Waals surface area contributed by atoms with Crippen LogP contribution in [0.4, 0.5) is 0 Å². The zero-order valence-electron chi connectivity index (χ0n) is 12.4. The molecule has 4 heteroatoms. The Labute approximate surface area is 113 Å². The Balaban J connectivity index is 3.34. The molecule has 0 aliphatic heterocycles. The molecule has 2 atom stereocenters. The highest BCUT2D eigenvalue weighted by Gasteiger charge is 2.08. The molecule has 0 aliphatic rings. The predicted molar refractivity (Wildman–Crippen MR) is 80.6 cm³/mol. The van der Waals surface area contributed by atoms with Crippen LogP contribution in [0.1, 0.15) is 39.5 Å². The Hall–Kier alpha value is -0.160. The van der Waals surface area contributed by atoms with Gasteiger partial charge < -0.3 is 22.1 Å². The molecule has 0 aliphatic carbocycles. The van der Waals surface area contributed by atoms with Gasteiger partial charge in [-0.15, -0.1) is 0 Å². The lowest BCUT2D eigenvalue weighted by atomic mass is 9.94. The fourth-order valence-electron chi connectivity index (χ4n) is 2.16. The van der Waals surface area contributed by atoms with Crippen LogP contribution in [0.15, 0.2) is 0 Å². The maximum absolute atomic E-state index is 5.46. The van der Waals surface area contributed by atoms with Crippen LogP contribution in [0.2, 0.25) is 0 Å². The molecule has 0 saturated carbocycles. The number of rotatable bonds is 13. The van der Waals surface area contributed by atoms with Gasteiger partial charge in [0.1, 0.15) is 0 Å². The van der Waals surface area contributed by atoms with Crippen LogP contribution in [0, 0.1) is 11.8 Å². The molecule has 18 heavy (non-hydrogen) atoms. The van der Waals surface area contributed by atoms with Crippen molar-refractivity contribution in [2.75, 3.05) is 39.3 Å². The van der Waals surface area contributed by atoms with E-state index in [9.17, 15) is 0 Å². The third-order valence-corrected chi connectivity index (χ3v) is 3.23. The van der Waals surface area contributed by atoms with E-state index in [1.54, 1.807) is 0 Å². The van der Waals surface area contributed by atoms with Crippen molar-refractivity contribution in [1.29, 1.82) is 0 Å². The highest BCUT2D eigenvalue weighted by molar-refractivity contribution is 4.64. The van der Waals surface area contributed by atoms with Gasteiger partial charge in [-0.2, -0.15) is 0 Å². The zero-order valence-corrected chi connectivity index (χ0v) is 12.4. The van der Waals surface area contributed by atoms with E-state index in [0.717, 1.165) is 63.9 Å². The van der Waals surface area contributed by atoms with Crippen molar-refractivity contribution in [3.05, 3.63) is 0 Å². The minimum absolute atomic E-state index is 0.752. The van der Waals surface area contributed by atoms with Crippen molar-refractivity contribution >= 4 is 0 Å². The number of nitrogens with one attached hydrogen (secondary N) is 2. The van der Waals surface area contributed by atoms with Crippen LogP contribution >= 0.6 is 0 Å². The summed E-state index contributed by atoms with van der Waals surface area (Å²) in [6.07, 6.45) is 4.72. The molecule has 0 radical (unpaired) electrons. The maximum atomic E-state index is 5.46. The molecule has 0 aromatic heterocycles. The Morgan fingerprint density at radius 3 is 2.06 bits per heavy atom. The van der Waals surface area contributed by atoms with Crippen LogP contribution in [0.25, 0.3) is 0 Å². The smallest absolute Gasteiger partial charge is 0.00230 e. The first kappa shape index (κ1) is 17.8. The van der Waals surface area contributed by atoms with Gasteiger partial charge in [0.25, 0.3) is 0 Å². The largest absolute Gasteiger partial charge is 0.330 e. The Morgan fingerprint density at radius 2 is 1.44 bits per heavy atom. The fourth-order valence-corrected chi connectivity index (χ4v) is 2.16. The third kappa shape index (κ3) is 12.3. The minimum atomic E-state index is 0.752. The van der Waals surface area contributed by atoms with Crippen LogP contribution in [-0.4, -0.2) is 39.3 Å². The summed E-state index contributed by atoms with van der Waals surface area (Å²) in [6.45, 7) is 10.6. The minimum Gasteiger partial charge on any atom is -0.330 e. The summed E-state index contributed by atoms with van der Waals surface area (Å²) in [7, 11) is 0. The van der Waals surface area contributed by atoms with Crippen LogP contribution in [0.5, 0.6) is 0 Å². The van der Waals surface area contributed by atoms with E-state index in [1.807, 2.05) is 0 Å². The van der Waals surface area contributed by atoms with Crippen LogP contribution < -0.4 is 22.1 Å². The highest BCUT2D eigenvalue weighted by Crippen LogP contribution is 2.13. The summed E-state index contributed by atoms with van der Waals surface area (Å²) in [4.78, 5) is 0. The number of hydrogen-bond acceptors (Lipinski definition) is 4. The second-order valence-electron chi connectivity index (χ2n) is 5.47. The van der Waals surface area contributed by atoms with Gasteiger partial charge in [0.15, 0.2) is 0 Å². The van der Waals surface area contributed by atoms with Crippen molar-refractivity contribution in [2.24, 2.45) is 23.3 Å². The molecule has 0 spiro atoms. The van der Waals surface area contributed by atoms with Crippen LogP contribution in [0.3, 0.4) is 0 Å². The molecule has 0 aromatic carbocycles. The van der Waals surface area contributed by atoms with E-state index in [1.165, 1.54) is 12.8 Å². The molecule has 6 N–H and O–H groups in total. The average molecular weight is 258 g/mol. The van der Waals surface area contributed by atoms with Crippen molar-refractivity contribution in [3.8, 4) is 0 Å². The monoisotopic (exact) mass is 258 g/mol. The first-order chi connectivity index (χ1) is 8.70. The molecule has 4 nitrogen and oxygen atoms in total. The first-order valence-electron chi connectivity index (χ1n) is 7.52. The Bertz CT molecular complexity index is 164. The quantitative estimate of drug-likeness (QED) is 0.371. The van der Waals surface area contributed by atoms with Crippen molar-refractivity contribution < 1.29 is 0 Å². The van der Waals surface area contributed by atoms with Gasteiger partial charge >= 0.3 is 0 Å². The van der Waals surface area contributed by atoms with E-state index >= 15 is 0 Å². The fraction of sp³-hybridized carbons (Fsp3) is 1.00. The molecule has 0 bridgehead atoms. The van der Waals surface area contributed by atoms with E-state index in [0.29, 0.717) is 0 Å². The Kier molecular flexibility index (Phi) is 13.2. The average Bonchev–Trinajstić information content (AvgIpc) is 2.34. The number of hydrogen-bond donors (Lipinski definition) is 4. The predicted octanol–water partition coefficient (Wildman–Crippen LogP) is 0.916. The second kappa shape index (κ2) is 13.3. The highest BCUT2D eigenvalue weighted by atomic mass is 14.9. The lowest BCUT2D eigenvalue weighted by molar-refractivity contribution is 0.373. The second-order valence-corrected chi connectivity index (χ2v) is 5.47. The molecule has 110 valence electrons. The van der Waals surface area contributed by atoms with E-state index in [4.69, 9.17) is 11.5 Å². The molecule has 0 rings (SSSR count). The summed E-state index contributed by atoms with van der Waals surface area (Å²) >= 11 is 0. The molecule has 2 unspecified atom stereocenters. The van der Waals surface area contributed by atoms with Crippen molar-refractivity contribution in [3.63, 3.8) is 0 Å². The van der Waals surface area contributed by atoms with Gasteiger partial charge in [0.2, 0.25) is 0 Å². The molecule has 0 heterocycles. The summed E-state index contributed by atoms with van der Waals surface area (Å²) in [5, 5.41) is 6.91. The van der Waals surface area contributed by atoms with E-state index < -0.39 is 0 Å². The summed E-state index contributed by atoms with van der Waals surface area (Å²) in [5.74, 6) is 1.54. The summed E-state index contributed by atoms with van der Waals surface area (Å²) in [6, 6.07) is 0.